The van der Waals surface area contributed by atoms with Crippen molar-refractivity contribution >= 4 is 21.4 Å². The first-order valence-corrected chi connectivity index (χ1v) is 9.40. The van der Waals surface area contributed by atoms with Crippen molar-refractivity contribution in [1.29, 1.82) is 0 Å². The SMILES string of the molecule is CCN(CC(C)C)S(=O)(=O)c1cc(CNC(C)C)cs1. The number of nitrogens with zero attached hydrogens (tertiary/aromatic N) is 1. The Morgan fingerprint density at radius 1 is 1.30 bits per heavy atom. The van der Waals surface area contributed by atoms with Gasteiger partial charge in [0, 0.05) is 25.7 Å². The average molecular weight is 319 g/mol. The smallest absolute Gasteiger partial charge is 0.252 e. The van der Waals surface area contributed by atoms with Crippen LogP contribution in [0.4, 0.5) is 0 Å². The predicted octanol–water partition coefficient (Wildman–Crippen LogP) is 2.91. The Bertz CT molecular complexity index is 507. The van der Waals surface area contributed by atoms with Crippen LogP contribution in [0.15, 0.2) is 15.7 Å². The second-order valence-electron chi connectivity index (χ2n) is 5.66. The molecule has 6 heteroatoms. The number of rotatable bonds is 8. The predicted molar refractivity (Wildman–Crippen MR) is 85.6 cm³/mol. The standard InChI is InChI=1S/C14H26N2O2S2/c1-6-16(9-11(2)3)20(17,18)14-7-13(10-19-14)8-15-12(4)5/h7,10-12,15H,6,8-9H2,1-5H3. The maximum absolute atomic E-state index is 12.6. The molecule has 0 radical (unpaired) electrons. The maximum atomic E-state index is 12.6. The Morgan fingerprint density at radius 3 is 2.45 bits per heavy atom. The van der Waals surface area contributed by atoms with E-state index in [9.17, 15) is 8.42 Å². The van der Waals surface area contributed by atoms with Crippen LogP contribution in [0.1, 0.15) is 40.2 Å². The van der Waals surface area contributed by atoms with Crippen molar-refractivity contribution in [2.24, 2.45) is 5.92 Å². The Balaban J connectivity index is 2.86. The van der Waals surface area contributed by atoms with Crippen molar-refractivity contribution in [3.63, 3.8) is 0 Å². The summed E-state index contributed by atoms with van der Waals surface area (Å²) in [5, 5.41) is 5.22. The monoisotopic (exact) mass is 318 g/mol. The first-order chi connectivity index (χ1) is 9.27. The lowest BCUT2D eigenvalue weighted by Crippen LogP contribution is -2.33. The fourth-order valence-corrected chi connectivity index (χ4v) is 4.81. The van der Waals surface area contributed by atoms with E-state index in [-0.39, 0.29) is 0 Å². The third kappa shape index (κ3) is 4.84. The first-order valence-electron chi connectivity index (χ1n) is 7.08. The van der Waals surface area contributed by atoms with Crippen molar-refractivity contribution in [1.82, 2.24) is 9.62 Å². The van der Waals surface area contributed by atoms with Crippen molar-refractivity contribution in [2.75, 3.05) is 13.1 Å². The fraction of sp³-hybridized carbons (Fsp3) is 0.714. The van der Waals surface area contributed by atoms with Gasteiger partial charge in [-0.25, -0.2) is 8.42 Å². The molecule has 0 amide bonds. The summed E-state index contributed by atoms with van der Waals surface area (Å²) in [6.45, 7) is 11.9. The summed E-state index contributed by atoms with van der Waals surface area (Å²) in [5.74, 6) is 0.326. The summed E-state index contributed by atoms with van der Waals surface area (Å²) >= 11 is 1.31. The van der Waals surface area contributed by atoms with Crippen LogP contribution in [-0.4, -0.2) is 31.9 Å². The third-order valence-corrected chi connectivity index (χ3v) is 6.26. The Hall–Kier alpha value is -0.430. The molecule has 0 aliphatic rings. The van der Waals surface area contributed by atoms with Crippen LogP contribution in [0.5, 0.6) is 0 Å². The zero-order chi connectivity index (χ0) is 15.3. The second kappa shape index (κ2) is 7.54. The van der Waals surface area contributed by atoms with Crippen LogP contribution in [-0.2, 0) is 16.6 Å². The zero-order valence-corrected chi connectivity index (χ0v) is 14.6. The van der Waals surface area contributed by atoms with E-state index in [0.717, 1.165) is 5.56 Å². The highest BCUT2D eigenvalue weighted by Gasteiger charge is 2.25. The van der Waals surface area contributed by atoms with Gasteiger partial charge in [-0.15, -0.1) is 11.3 Å². The Morgan fingerprint density at radius 2 is 1.95 bits per heavy atom. The van der Waals surface area contributed by atoms with Gasteiger partial charge < -0.3 is 5.32 Å². The van der Waals surface area contributed by atoms with Crippen LogP contribution in [0.3, 0.4) is 0 Å². The van der Waals surface area contributed by atoms with Crippen molar-refractivity contribution in [3.05, 3.63) is 17.0 Å². The van der Waals surface area contributed by atoms with Crippen LogP contribution in [0, 0.1) is 5.92 Å². The summed E-state index contributed by atoms with van der Waals surface area (Å²) in [7, 11) is -3.34. The minimum atomic E-state index is -3.34. The number of hydrogen-bond acceptors (Lipinski definition) is 4. The molecule has 1 aromatic heterocycles. The van der Waals surface area contributed by atoms with E-state index in [1.54, 1.807) is 10.4 Å². The zero-order valence-electron chi connectivity index (χ0n) is 13.0. The van der Waals surface area contributed by atoms with Gasteiger partial charge in [0.1, 0.15) is 4.21 Å². The molecule has 1 aromatic rings. The van der Waals surface area contributed by atoms with Crippen molar-refractivity contribution in [3.8, 4) is 0 Å². The minimum absolute atomic E-state index is 0.326. The lowest BCUT2D eigenvalue weighted by molar-refractivity contribution is 0.382. The van der Waals surface area contributed by atoms with Gasteiger partial charge in [-0.1, -0.05) is 34.6 Å². The van der Waals surface area contributed by atoms with Gasteiger partial charge in [-0.2, -0.15) is 4.31 Å². The Labute approximate surface area is 127 Å². The van der Waals surface area contributed by atoms with Gasteiger partial charge in [0.15, 0.2) is 0 Å². The van der Waals surface area contributed by atoms with E-state index in [1.807, 2.05) is 26.2 Å². The van der Waals surface area contributed by atoms with Gasteiger partial charge in [0.05, 0.1) is 0 Å². The number of nitrogens with one attached hydrogen (secondary N) is 1. The molecule has 0 unspecified atom stereocenters. The van der Waals surface area contributed by atoms with Crippen LogP contribution in [0.25, 0.3) is 0 Å². The molecule has 0 aliphatic carbocycles. The van der Waals surface area contributed by atoms with E-state index in [1.165, 1.54) is 11.3 Å². The summed E-state index contributed by atoms with van der Waals surface area (Å²) in [6, 6.07) is 2.18. The summed E-state index contributed by atoms with van der Waals surface area (Å²) in [4.78, 5) is 0. The van der Waals surface area contributed by atoms with Crippen LogP contribution in [0.2, 0.25) is 0 Å². The molecule has 0 saturated heterocycles. The number of hydrogen-bond donors (Lipinski definition) is 1. The highest BCUT2D eigenvalue weighted by molar-refractivity contribution is 7.91. The van der Waals surface area contributed by atoms with Gasteiger partial charge in [-0.05, 0) is 22.9 Å². The van der Waals surface area contributed by atoms with Gasteiger partial charge in [0.25, 0.3) is 10.0 Å². The topological polar surface area (TPSA) is 49.4 Å². The lowest BCUT2D eigenvalue weighted by Gasteiger charge is -2.21. The fourth-order valence-electron chi connectivity index (χ4n) is 1.83. The highest BCUT2D eigenvalue weighted by atomic mass is 32.2. The van der Waals surface area contributed by atoms with Crippen LogP contribution < -0.4 is 5.32 Å². The molecule has 0 atom stereocenters. The molecule has 0 saturated carbocycles. The van der Waals surface area contributed by atoms with E-state index in [2.05, 4.69) is 19.2 Å². The van der Waals surface area contributed by atoms with E-state index in [0.29, 0.717) is 35.8 Å². The lowest BCUT2D eigenvalue weighted by atomic mass is 10.2. The molecule has 0 bridgehead atoms. The molecule has 1 heterocycles. The molecular formula is C14H26N2O2S2. The first kappa shape index (κ1) is 17.6. The molecule has 0 aromatic carbocycles. The maximum Gasteiger partial charge on any atom is 0.252 e. The van der Waals surface area contributed by atoms with Gasteiger partial charge in [-0.3, -0.25) is 0 Å². The Kier molecular flexibility index (Phi) is 6.64. The molecular weight excluding hydrogens is 292 g/mol. The molecule has 0 aliphatic heterocycles. The van der Waals surface area contributed by atoms with Crippen molar-refractivity contribution in [2.45, 2.75) is 51.4 Å². The normalized spacial score (nSPS) is 12.8. The van der Waals surface area contributed by atoms with Crippen molar-refractivity contribution < 1.29 is 8.42 Å². The molecule has 0 spiro atoms. The molecule has 20 heavy (non-hydrogen) atoms. The quantitative estimate of drug-likeness (QED) is 0.802. The summed E-state index contributed by atoms with van der Waals surface area (Å²) in [5.41, 5.74) is 1.03. The highest BCUT2D eigenvalue weighted by Crippen LogP contribution is 2.24. The molecule has 1 N–H and O–H groups in total. The largest absolute Gasteiger partial charge is 0.310 e. The summed E-state index contributed by atoms with van der Waals surface area (Å²) in [6.07, 6.45) is 0. The van der Waals surface area contributed by atoms with Crippen LogP contribution >= 0.6 is 11.3 Å². The number of thiophene rings is 1. The molecule has 116 valence electrons. The van der Waals surface area contributed by atoms with E-state index < -0.39 is 10.0 Å². The van der Waals surface area contributed by atoms with Gasteiger partial charge in [0.2, 0.25) is 0 Å². The minimum Gasteiger partial charge on any atom is -0.310 e. The van der Waals surface area contributed by atoms with E-state index >= 15 is 0 Å². The molecule has 1 rings (SSSR count). The number of sulfonamides is 1. The summed E-state index contributed by atoms with van der Waals surface area (Å²) < 4.78 is 27.1. The van der Waals surface area contributed by atoms with Gasteiger partial charge >= 0.3 is 0 Å². The third-order valence-electron chi connectivity index (χ3n) is 2.86. The molecule has 0 fully saturated rings. The van der Waals surface area contributed by atoms with E-state index in [4.69, 9.17) is 0 Å². The average Bonchev–Trinajstić information content (AvgIpc) is 2.82. The molecule has 4 nitrogen and oxygen atoms in total. The second-order valence-corrected chi connectivity index (χ2v) is 8.74.